The number of anilines is 1. The van der Waals surface area contributed by atoms with Crippen molar-refractivity contribution in [3.8, 4) is 0 Å². The maximum Gasteiger partial charge on any atom is 0.221 e. The molecule has 112 heavy (non-hydrogen) atoms. The van der Waals surface area contributed by atoms with E-state index in [-0.39, 0.29) is 35.8 Å². The number of hydrogen-bond acceptors (Lipinski definition) is 2. The van der Waals surface area contributed by atoms with Crippen LogP contribution in [0, 0.1) is 96.1 Å². The standard InChI is InChI=1S/C11H15NO.C11H16O.2C11H16.C10H12ClF.2C10H13F.2C10H14.C9H10FI/c1-8(2)10-6-4-5-7-11(10)12-9(3)13;1-8(2)11-6-10(7-12)5-4-9(11)3;1-8(2)11-7-9(3)5-6-10(11)4;1-8(2)11-9(3)6-5-7-10(11)4;1-6(2)9-4-8(12)5-10(11)7(9)3;1-7(2)10-6-9(11)5-4-8(10)3;1-7(2)9-5-4-6-10(11)8(9)3;2*1-8(2)10-7-5-4-6-9(10)3;1-6(2)8-5-7(10)3-4-9(8)11/h4-8H,1-3H3,(H,12,13);4-6,8,12H,7H2,1-3H3;2*5-8H,1-4H3;4-6H,1-3H3;2*4-7H,1-3H3;2*4-8H,1-3H3;3-6H,1-2H3. The molecule has 0 heterocycles. The average molecular weight is 1660 g/mol. The summed E-state index contributed by atoms with van der Waals surface area (Å²) in [6.45, 7) is 65.4. The predicted molar refractivity (Wildman–Crippen MR) is 490 cm³/mol. The van der Waals surface area contributed by atoms with Crippen LogP contribution >= 0.6 is 34.2 Å². The van der Waals surface area contributed by atoms with Crippen molar-refractivity contribution in [2.24, 2.45) is 0 Å². The summed E-state index contributed by atoms with van der Waals surface area (Å²) in [5.74, 6) is 4.45. The molecular formula is C103H139ClF4INO2. The summed E-state index contributed by atoms with van der Waals surface area (Å²) in [6.07, 6.45) is 0. The minimum atomic E-state index is -0.255. The van der Waals surface area contributed by atoms with Crippen LogP contribution in [0.4, 0.5) is 23.2 Å². The largest absolute Gasteiger partial charge is 0.392 e. The van der Waals surface area contributed by atoms with E-state index in [2.05, 4.69) is 298 Å². The Morgan fingerprint density at radius 3 is 1.06 bits per heavy atom. The second kappa shape index (κ2) is 52.7. The molecule has 0 aliphatic carbocycles. The molecule has 0 radical (unpaired) electrons. The van der Waals surface area contributed by atoms with E-state index in [4.69, 9.17) is 16.7 Å². The summed E-state index contributed by atoms with van der Waals surface area (Å²) in [7, 11) is 0. The third-order valence-electron chi connectivity index (χ3n) is 19.2. The van der Waals surface area contributed by atoms with Gasteiger partial charge in [0.1, 0.15) is 23.3 Å². The maximum absolute atomic E-state index is 12.9. The lowest BCUT2D eigenvalue weighted by atomic mass is 9.94. The highest BCUT2D eigenvalue weighted by molar-refractivity contribution is 14.1. The van der Waals surface area contributed by atoms with E-state index < -0.39 is 0 Å². The lowest BCUT2D eigenvalue weighted by Gasteiger charge is -2.12. The first-order valence-electron chi connectivity index (χ1n) is 40.0. The molecule has 0 spiro atoms. The molecule has 610 valence electrons. The Bertz CT molecular complexity index is 4200. The molecule has 0 fully saturated rings. The first-order valence-corrected chi connectivity index (χ1v) is 41.5. The lowest BCUT2D eigenvalue weighted by Crippen LogP contribution is -2.08. The number of hydrogen-bond donors (Lipinski definition) is 2. The zero-order valence-electron chi connectivity index (χ0n) is 74.1. The van der Waals surface area contributed by atoms with Crippen LogP contribution in [0.15, 0.2) is 194 Å². The minimum Gasteiger partial charge on any atom is -0.392 e. The van der Waals surface area contributed by atoms with Crippen molar-refractivity contribution in [3.63, 3.8) is 0 Å². The summed E-state index contributed by atoms with van der Waals surface area (Å²) in [4.78, 5) is 10.9. The van der Waals surface area contributed by atoms with Crippen LogP contribution in [0.25, 0.3) is 0 Å². The van der Waals surface area contributed by atoms with Gasteiger partial charge in [-0.1, -0.05) is 295 Å². The average Bonchev–Trinajstić information content (AvgIpc) is 0.837. The Labute approximate surface area is 696 Å². The van der Waals surface area contributed by atoms with Crippen molar-refractivity contribution in [2.75, 3.05) is 5.32 Å². The highest BCUT2D eigenvalue weighted by Crippen LogP contribution is 2.30. The summed E-state index contributed by atoms with van der Waals surface area (Å²) in [5, 5.41) is 12.3. The van der Waals surface area contributed by atoms with Crippen molar-refractivity contribution in [2.45, 2.75) is 280 Å². The summed E-state index contributed by atoms with van der Waals surface area (Å²) < 4.78 is 52.4. The normalized spacial score (nSPS) is 10.6. The zero-order valence-corrected chi connectivity index (χ0v) is 77.0. The number of nitrogens with one attached hydrogen (secondary N) is 1. The van der Waals surface area contributed by atoms with Crippen LogP contribution in [0.2, 0.25) is 5.02 Å². The Morgan fingerprint density at radius 2 is 0.688 bits per heavy atom. The minimum absolute atomic E-state index is 0.0203. The van der Waals surface area contributed by atoms with Gasteiger partial charge in [0.25, 0.3) is 0 Å². The number of rotatable bonds is 12. The van der Waals surface area contributed by atoms with Gasteiger partial charge in [0.15, 0.2) is 0 Å². The third kappa shape index (κ3) is 37.6. The van der Waals surface area contributed by atoms with Crippen molar-refractivity contribution in [3.05, 3.63) is 343 Å². The van der Waals surface area contributed by atoms with Crippen LogP contribution in [0.1, 0.15) is 321 Å². The first-order chi connectivity index (χ1) is 52.3. The summed E-state index contributed by atoms with van der Waals surface area (Å²) in [5.41, 5.74) is 27.3. The van der Waals surface area contributed by atoms with E-state index in [1.165, 1.54) is 109 Å². The second-order valence-corrected chi connectivity index (χ2v) is 33.8. The molecule has 1 amide bonds. The molecule has 2 N–H and O–H groups in total. The number of para-hydroxylation sites is 1. The Balaban J connectivity index is 0.000000623. The molecule has 0 unspecified atom stereocenters. The molecule has 9 heteroatoms. The van der Waals surface area contributed by atoms with Gasteiger partial charge in [0.2, 0.25) is 5.91 Å². The number of carbonyl (C=O) groups excluding carboxylic acids is 1. The molecule has 10 aromatic carbocycles. The smallest absolute Gasteiger partial charge is 0.221 e. The number of benzene rings is 10. The molecular weight excluding hydrogens is 1520 g/mol. The number of carbonyl (C=O) groups is 1. The van der Waals surface area contributed by atoms with E-state index >= 15 is 0 Å². The molecule has 10 aromatic rings. The van der Waals surface area contributed by atoms with Crippen LogP contribution in [0.5, 0.6) is 0 Å². The van der Waals surface area contributed by atoms with Crippen molar-refractivity contribution >= 4 is 45.8 Å². The molecule has 0 saturated carbocycles. The monoisotopic (exact) mass is 1660 g/mol. The van der Waals surface area contributed by atoms with Gasteiger partial charge < -0.3 is 10.4 Å². The molecule has 10 rings (SSSR count). The van der Waals surface area contributed by atoms with E-state index in [1.54, 1.807) is 24.3 Å². The molecule has 0 saturated heterocycles. The fraction of sp³-hybridized carbons (Fsp3) is 0.408. The SMILES string of the molecule is CC(=O)Nc1ccccc1C(C)C.CC(C)c1cc(F)ccc1I.Cc1c(Cl)cc(F)cc1C(C)C.Cc1c(F)cccc1C(C)C.Cc1ccc(C)c(C(C)C)c1.Cc1ccc(CO)cc1C(C)C.Cc1ccc(F)cc1C(C)C.Cc1cccc(C)c1C(C)C.Cc1ccccc1C(C)C.Cc1ccccc1C(C)C. The number of aryl methyl sites for hydroxylation is 8. The van der Waals surface area contributed by atoms with Crippen LogP contribution < -0.4 is 5.32 Å². The fourth-order valence-corrected chi connectivity index (χ4v) is 14.2. The fourth-order valence-electron chi connectivity index (χ4n) is 13.0. The quantitative estimate of drug-likeness (QED) is 0.0946. The van der Waals surface area contributed by atoms with Gasteiger partial charge in [-0.05, 0) is 317 Å². The summed E-state index contributed by atoms with van der Waals surface area (Å²) in [6, 6.07) is 62.2. The number of halogens is 6. The topological polar surface area (TPSA) is 49.3 Å². The van der Waals surface area contributed by atoms with Crippen molar-refractivity contribution in [1.29, 1.82) is 0 Å². The van der Waals surface area contributed by atoms with Crippen molar-refractivity contribution in [1.82, 2.24) is 0 Å². The predicted octanol–water partition coefficient (Wildman–Crippen LogP) is 32.4. The maximum atomic E-state index is 12.9. The molecule has 0 aliphatic rings. The molecule has 3 nitrogen and oxygen atoms in total. The van der Waals surface area contributed by atoms with Gasteiger partial charge in [-0.15, -0.1) is 0 Å². The highest BCUT2D eigenvalue weighted by Gasteiger charge is 2.13. The first kappa shape index (κ1) is 102. The molecule has 0 atom stereocenters. The molecule has 0 aliphatic heterocycles. The Kier molecular flexibility index (Phi) is 48.2. The van der Waals surface area contributed by atoms with Gasteiger partial charge >= 0.3 is 0 Å². The Hall–Kier alpha value is -7.63. The Morgan fingerprint density at radius 1 is 0.339 bits per heavy atom. The van der Waals surface area contributed by atoms with Gasteiger partial charge in [-0.25, -0.2) is 17.6 Å². The van der Waals surface area contributed by atoms with E-state index in [0.29, 0.717) is 64.2 Å². The van der Waals surface area contributed by atoms with E-state index in [0.717, 1.165) is 48.2 Å². The van der Waals surface area contributed by atoms with E-state index in [1.807, 2.05) is 83.1 Å². The lowest BCUT2D eigenvalue weighted by molar-refractivity contribution is -0.114. The van der Waals surface area contributed by atoms with Crippen LogP contribution in [-0.4, -0.2) is 11.0 Å². The second-order valence-electron chi connectivity index (χ2n) is 32.3. The van der Waals surface area contributed by atoms with Crippen LogP contribution in [-0.2, 0) is 11.4 Å². The highest BCUT2D eigenvalue weighted by atomic mass is 127. The summed E-state index contributed by atoms with van der Waals surface area (Å²) >= 11 is 8.05. The van der Waals surface area contributed by atoms with Crippen LogP contribution in [0.3, 0.4) is 0 Å². The number of aliphatic hydroxyl groups excluding tert-OH is 1. The number of aliphatic hydroxyl groups is 1. The van der Waals surface area contributed by atoms with Gasteiger partial charge in [0.05, 0.1) is 6.61 Å². The molecule has 0 bridgehead atoms. The molecule has 0 aromatic heterocycles. The van der Waals surface area contributed by atoms with Gasteiger partial charge in [-0.2, -0.15) is 0 Å². The van der Waals surface area contributed by atoms with E-state index in [9.17, 15) is 22.4 Å². The van der Waals surface area contributed by atoms with Gasteiger partial charge in [0, 0.05) is 21.2 Å². The zero-order chi connectivity index (χ0) is 85.6. The number of amides is 1. The third-order valence-corrected chi connectivity index (χ3v) is 20.6. The van der Waals surface area contributed by atoms with Crippen molar-refractivity contribution < 1.29 is 27.5 Å². The van der Waals surface area contributed by atoms with Gasteiger partial charge in [-0.3, -0.25) is 4.79 Å².